The number of carboxylic acid groups (broad SMARTS) is 2. The van der Waals surface area contributed by atoms with E-state index in [9.17, 15) is 0 Å². The number of aromatic amines is 1. The van der Waals surface area contributed by atoms with Crippen molar-refractivity contribution in [2.75, 3.05) is 27.4 Å². The number of rotatable bonds is 9. The average Bonchev–Trinajstić information content (AvgIpc) is 3.11. The molecule has 33 heavy (non-hydrogen) atoms. The molecule has 4 N–H and O–H groups in total. The summed E-state index contributed by atoms with van der Waals surface area (Å²) in [6, 6.07) is 12.2. The van der Waals surface area contributed by atoms with Crippen LogP contribution in [0.25, 0.3) is 10.9 Å². The summed E-state index contributed by atoms with van der Waals surface area (Å²) in [6.07, 6.45) is 0.952. The van der Waals surface area contributed by atoms with E-state index in [-0.39, 0.29) is 0 Å². The van der Waals surface area contributed by atoms with Crippen LogP contribution in [0.5, 0.6) is 17.2 Å². The molecule has 0 spiro atoms. The fraction of sp³-hybridized carbons (Fsp3) is 0.333. The normalized spacial score (nSPS) is 10.3. The third-order valence-corrected chi connectivity index (χ3v) is 4.92. The van der Waals surface area contributed by atoms with Crippen LogP contribution in [0.4, 0.5) is 0 Å². The first-order valence-electron chi connectivity index (χ1n) is 10.4. The minimum absolute atomic E-state index is 0.622. The molecule has 9 nitrogen and oxygen atoms in total. The molecule has 0 saturated carbocycles. The number of methoxy groups -OCH3 is 2. The zero-order valence-corrected chi connectivity index (χ0v) is 19.2. The van der Waals surface area contributed by atoms with Crippen molar-refractivity contribution in [3.63, 3.8) is 0 Å². The lowest BCUT2D eigenvalue weighted by atomic mass is 10.1. The Kier molecular flexibility index (Phi) is 9.56. The summed E-state index contributed by atoms with van der Waals surface area (Å²) in [5.41, 5.74) is 4.88. The van der Waals surface area contributed by atoms with Crippen LogP contribution in [0.1, 0.15) is 23.7 Å². The lowest BCUT2D eigenvalue weighted by molar-refractivity contribution is -0.159. The molecule has 0 amide bonds. The largest absolute Gasteiger partial charge is 0.497 e. The predicted octanol–water partition coefficient (Wildman–Crippen LogP) is 3.38. The Morgan fingerprint density at radius 1 is 1.00 bits per heavy atom. The smallest absolute Gasteiger partial charge is 0.414 e. The standard InChI is InChI=1S/C22H28N2O3.C2H2O4/c1-5-27-22-12-16(6-9-21(22)26-4)14-23-11-10-18-15(2)24-20-8-7-17(25-3)13-19(18)20;3-1(4)2(5)6/h6-9,12-13,23-24H,5,10-11,14H2,1-4H3;(H,3,4)(H,5,6). The van der Waals surface area contributed by atoms with Gasteiger partial charge in [0.25, 0.3) is 0 Å². The molecule has 9 heteroatoms. The van der Waals surface area contributed by atoms with E-state index in [1.54, 1.807) is 14.2 Å². The third-order valence-electron chi connectivity index (χ3n) is 4.92. The van der Waals surface area contributed by atoms with Crippen molar-refractivity contribution in [2.45, 2.75) is 26.8 Å². The molecule has 1 aromatic heterocycles. The summed E-state index contributed by atoms with van der Waals surface area (Å²) in [4.78, 5) is 21.7. The van der Waals surface area contributed by atoms with Crippen molar-refractivity contribution >= 4 is 22.8 Å². The monoisotopic (exact) mass is 458 g/mol. The van der Waals surface area contributed by atoms with Gasteiger partial charge in [0.05, 0.1) is 20.8 Å². The average molecular weight is 459 g/mol. The number of aryl methyl sites for hydroxylation is 1. The van der Waals surface area contributed by atoms with Gasteiger partial charge in [0, 0.05) is 23.1 Å². The van der Waals surface area contributed by atoms with Crippen molar-refractivity contribution < 1.29 is 34.0 Å². The number of ether oxygens (including phenoxy) is 3. The van der Waals surface area contributed by atoms with Gasteiger partial charge in [-0.15, -0.1) is 0 Å². The zero-order chi connectivity index (χ0) is 24.4. The highest BCUT2D eigenvalue weighted by atomic mass is 16.5. The number of H-pyrrole nitrogens is 1. The minimum atomic E-state index is -1.82. The second-order valence-electron chi connectivity index (χ2n) is 7.10. The van der Waals surface area contributed by atoms with Crippen LogP contribution in [-0.2, 0) is 22.6 Å². The molecule has 0 atom stereocenters. The fourth-order valence-corrected chi connectivity index (χ4v) is 3.36. The van der Waals surface area contributed by atoms with Gasteiger partial charge in [-0.2, -0.15) is 0 Å². The van der Waals surface area contributed by atoms with E-state index < -0.39 is 11.9 Å². The second-order valence-corrected chi connectivity index (χ2v) is 7.10. The van der Waals surface area contributed by atoms with Crippen LogP contribution in [0.3, 0.4) is 0 Å². The number of nitrogens with one attached hydrogen (secondary N) is 2. The predicted molar refractivity (Wildman–Crippen MR) is 124 cm³/mol. The summed E-state index contributed by atoms with van der Waals surface area (Å²) in [5, 5.41) is 19.5. The first-order valence-corrected chi connectivity index (χ1v) is 10.4. The van der Waals surface area contributed by atoms with Crippen LogP contribution in [0, 0.1) is 6.92 Å². The van der Waals surface area contributed by atoms with Crippen molar-refractivity contribution in [1.29, 1.82) is 0 Å². The lowest BCUT2D eigenvalue weighted by Gasteiger charge is -2.12. The van der Waals surface area contributed by atoms with E-state index in [2.05, 4.69) is 35.4 Å². The van der Waals surface area contributed by atoms with Gasteiger partial charge in [-0.3, -0.25) is 0 Å². The van der Waals surface area contributed by atoms with Crippen LogP contribution in [-0.4, -0.2) is 54.5 Å². The van der Waals surface area contributed by atoms with Gasteiger partial charge in [-0.1, -0.05) is 6.07 Å². The van der Waals surface area contributed by atoms with Crippen molar-refractivity contribution in [3.05, 3.63) is 53.2 Å². The Labute approximate surface area is 192 Å². The Morgan fingerprint density at radius 3 is 2.33 bits per heavy atom. The van der Waals surface area contributed by atoms with Crippen LogP contribution >= 0.6 is 0 Å². The highest BCUT2D eigenvalue weighted by molar-refractivity contribution is 6.27. The van der Waals surface area contributed by atoms with Crippen molar-refractivity contribution in [2.24, 2.45) is 0 Å². The van der Waals surface area contributed by atoms with Gasteiger partial charge in [-0.25, -0.2) is 9.59 Å². The Hall–Kier alpha value is -3.72. The molecular weight excluding hydrogens is 428 g/mol. The minimum Gasteiger partial charge on any atom is -0.497 e. The van der Waals surface area contributed by atoms with Gasteiger partial charge in [0.15, 0.2) is 11.5 Å². The molecule has 3 aromatic rings. The van der Waals surface area contributed by atoms with Crippen LogP contribution < -0.4 is 19.5 Å². The van der Waals surface area contributed by atoms with Crippen LogP contribution in [0.2, 0.25) is 0 Å². The summed E-state index contributed by atoms with van der Waals surface area (Å²) in [7, 11) is 3.36. The number of hydrogen-bond acceptors (Lipinski definition) is 6. The molecule has 1 heterocycles. The number of benzene rings is 2. The summed E-state index contributed by atoms with van der Waals surface area (Å²) in [6.45, 7) is 6.40. The number of aromatic nitrogens is 1. The molecule has 0 aliphatic heterocycles. The number of carboxylic acids is 2. The van der Waals surface area contributed by atoms with Gasteiger partial charge in [0.1, 0.15) is 5.75 Å². The Bertz CT molecular complexity index is 1080. The third kappa shape index (κ3) is 7.15. The molecule has 0 radical (unpaired) electrons. The molecule has 3 rings (SSSR count). The molecule has 0 saturated heterocycles. The summed E-state index contributed by atoms with van der Waals surface area (Å²) < 4.78 is 16.4. The van der Waals surface area contributed by atoms with E-state index in [0.29, 0.717) is 6.61 Å². The molecule has 178 valence electrons. The molecule has 0 aliphatic rings. The lowest BCUT2D eigenvalue weighted by Crippen LogP contribution is -2.17. The maximum Gasteiger partial charge on any atom is 0.414 e. The Balaban J connectivity index is 0.000000569. The van der Waals surface area contributed by atoms with Crippen molar-refractivity contribution in [1.82, 2.24) is 10.3 Å². The number of aliphatic carboxylic acids is 2. The molecule has 0 fully saturated rings. The Morgan fingerprint density at radius 2 is 1.73 bits per heavy atom. The van der Waals surface area contributed by atoms with E-state index in [1.807, 2.05) is 25.1 Å². The fourth-order valence-electron chi connectivity index (χ4n) is 3.36. The van der Waals surface area contributed by atoms with Gasteiger partial charge >= 0.3 is 11.9 Å². The second kappa shape index (κ2) is 12.4. The highest BCUT2D eigenvalue weighted by Crippen LogP contribution is 2.28. The van der Waals surface area contributed by atoms with E-state index in [4.69, 9.17) is 34.0 Å². The van der Waals surface area contributed by atoms with Gasteiger partial charge in [0.2, 0.25) is 0 Å². The number of carbonyl (C=O) groups is 2. The van der Waals surface area contributed by atoms with E-state index in [1.165, 1.54) is 22.2 Å². The summed E-state index contributed by atoms with van der Waals surface area (Å²) in [5.74, 6) is -1.20. The topological polar surface area (TPSA) is 130 Å². The first-order chi connectivity index (χ1) is 15.8. The molecule has 2 aromatic carbocycles. The molecule has 0 bridgehead atoms. The quantitative estimate of drug-likeness (QED) is 0.284. The SMILES string of the molecule is CCOc1cc(CNCCc2c(C)[nH]c3ccc(OC)cc23)ccc1OC.O=C(O)C(=O)O. The molecule has 0 aliphatic carbocycles. The van der Waals surface area contributed by atoms with E-state index >= 15 is 0 Å². The highest BCUT2D eigenvalue weighted by Gasteiger charge is 2.10. The summed E-state index contributed by atoms with van der Waals surface area (Å²) >= 11 is 0. The molecular formula is C24H30N2O7. The maximum absolute atomic E-state index is 9.10. The van der Waals surface area contributed by atoms with Crippen LogP contribution in [0.15, 0.2) is 36.4 Å². The maximum atomic E-state index is 9.10. The van der Waals surface area contributed by atoms with Gasteiger partial charge < -0.3 is 34.7 Å². The molecule has 0 unspecified atom stereocenters. The zero-order valence-electron chi connectivity index (χ0n) is 19.2. The number of hydrogen-bond donors (Lipinski definition) is 4. The van der Waals surface area contributed by atoms with E-state index in [0.717, 1.165) is 42.3 Å². The number of fused-ring (bicyclic) bond motifs is 1. The van der Waals surface area contributed by atoms with Crippen molar-refractivity contribution in [3.8, 4) is 17.2 Å². The first kappa shape index (κ1) is 25.5. The van der Waals surface area contributed by atoms with Gasteiger partial charge in [-0.05, 0) is 68.3 Å².